The number of amides is 2. The van der Waals surface area contributed by atoms with Crippen molar-refractivity contribution >= 4 is 42.0 Å². The second kappa shape index (κ2) is 12.0. The van der Waals surface area contributed by atoms with E-state index in [1.54, 1.807) is 13.8 Å². The Morgan fingerprint density at radius 1 is 1.17 bits per heavy atom. The lowest BCUT2D eigenvalue weighted by Crippen LogP contribution is -2.46. The molecule has 29 heavy (non-hydrogen) atoms. The summed E-state index contributed by atoms with van der Waals surface area (Å²) in [4.78, 5) is 46.3. The Balaban J connectivity index is 2.24. The number of carbonyl (C=O) groups is 3. The number of hydrogen-bond acceptors (Lipinski definition) is 8. The number of nitrogens with one attached hydrogen (secondary N) is 2. The fourth-order valence-electron chi connectivity index (χ4n) is 2.06. The molecular weight excluding hydrogens is 419 g/mol. The highest BCUT2D eigenvalue weighted by molar-refractivity contribution is 8.14. The fourth-order valence-corrected chi connectivity index (χ4v) is 3.15. The molecular formula is C18H25N2O7PS. The van der Waals surface area contributed by atoms with Gasteiger partial charge in [0.25, 0.3) is 0 Å². The molecule has 2 amide bonds. The first-order chi connectivity index (χ1) is 13.6. The van der Waals surface area contributed by atoms with E-state index >= 15 is 0 Å². The van der Waals surface area contributed by atoms with Gasteiger partial charge in [-0.3, -0.25) is 14.4 Å². The monoisotopic (exact) mass is 444 g/mol. The third-order valence-corrected chi connectivity index (χ3v) is 5.64. The van der Waals surface area contributed by atoms with Crippen LogP contribution in [0.25, 0.3) is 0 Å². The number of rotatable bonds is 11. The van der Waals surface area contributed by atoms with Crippen molar-refractivity contribution in [3.8, 4) is 0 Å². The lowest BCUT2D eigenvalue weighted by molar-refractivity contribution is -0.160. The van der Waals surface area contributed by atoms with Crippen LogP contribution in [-0.4, -0.2) is 58.7 Å². The van der Waals surface area contributed by atoms with Crippen LogP contribution in [0, 0.1) is 5.41 Å². The first-order valence-corrected chi connectivity index (χ1v) is 11.0. The molecule has 0 spiro atoms. The van der Waals surface area contributed by atoms with E-state index in [-0.39, 0.29) is 42.4 Å². The second-order valence-corrected chi connectivity index (χ2v) is 8.98. The van der Waals surface area contributed by atoms with Crippen LogP contribution < -0.4 is 20.8 Å². The summed E-state index contributed by atoms with van der Waals surface area (Å²) in [7, 11) is -2.69. The van der Waals surface area contributed by atoms with Crippen LogP contribution >= 0.6 is 19.8 Å². The van der Waals surface area contributed by atoms with Gasteiger partial charge in [-0.25, -0.2) is 0 Å². The smallest absolute Gasteiger partial charge is 0.348 e. The van der Waals surface area contributed by atoms with Gasteiger partial charge in [-0.2, -0.15) is 0 Å². The van der Waals surface area contributed by atoms with Gasteiger partial charge in [-0.1, -0.05) is 30.2 Å². The zero-order valence-electron chi connectivity index (χ0n) is 16.2. The van der Waals surface area contributed by atoms with Crippen LogP contribution in [0.2, 0.25) is 0 Å². The lowest BCUT2D eigenvalue weighted by Gasteiger charge is -2.27. The second-order valence-electron chi connectivity index (χ2n) is 6.88. The van der Waals surface area contributed by atoms with Crippen molar-refractivity contribution in [3.05, 3.63) is 29.8 Å². The Morgan fingerprint density at radius 3 is 2.34 bits per heavy atom. The van der Waals surface area contributed by atoms with Gasteiger partial charge in [0.2, 0.25) is 16.9 Å². The van der Waals surface area contributed by atoms with Crippen molar-refractivity contribution < 1.29 is 34.1 Å². The number of thioether (sulfide) groups is 1. The molecule has 0 saturated carbocycles. The van der Waals surface area contributed by atoms with E-state index < -0.39 is 25.5 Å². The molecule has 1 aromatic carbocycles. The summed E-state index contributed by atoms with van der Waals surface area (Å²) in [6, 6.07) is 5.58. The average Bonchev–Trinajstić information content (AvgIpc) is 2.70. The Labute approximate surface area is 174 Å². The molecule has 0 bridgehead atoms. The molecule has 0 heterocycles. The summed E-state index contributed by atoms with van der Waals surface area (Å²) < 4.78 is 10.8. The molecule has 2 atom stereocenters. The van der Waals surface area contributed by atoms with Crippen molar-refractivity contribution in [2.75, 3.05) is 25.4 Å². The van der Waals surface area contributed by atoms with Crippen molar-refractivity contribution in [2.45, 2.75) is 26.4 Å². The molecule has 0 aliphatic heterocycles. The maximum Gasteiger partial charge on any atom is 0.348 e. The van der Waals surface area contributed by atoms with Crippen molar-refractivity contribution in [3.63, 3.8) is 0 Å². The molecule has 4 N–H and O–H groups in total. The van der Waals surface area contributed by atoms with E-state index in [0.717, 1.165) is 11.8 Å². The van der Waals surface area contributed by atoms with Crippen LogP contribution in [-0.2, 0) is 14.2 Å². The van der Waals surface area contributed by atoms with Gasteiger partial charge in [0.15, 0.2) is 5.30 Å². The predicted molar refractivity (Wildman–Crippen MR) is 108 cm³/mol. The highest BCUT2D eigenvalue weighted by Crippen LogP contribution is 2.19. The van der Waals surface area contributed by atoms with Crippen molar-refractivity contribution in [1.29, 1.82) is 0 Å². The third-order valence-electron chi connectivity index (χ3n) is 4.02. The highest BCUT2D eigenvalue weighted by Gasteiger charge is 2.32. The summed E-state index contributed by atoms with van der Waals surface area (Å²) in [6.45, 7) is 3.00. The maximum atomic E-state index is 12.0. The number of aliphatic hydroxyl groups excluding tert-OH is 2. The van der Waals surface area contributed by atoms with Gasteiger partial charge < -0.3 is 25.7 Å². The van der Waals surface area contributed by atoms with Gasteiger partial charge in [-0.15, -0.1) is 0 Å². The van der Waals surface area contributed by atoms with Crippen molar-refractivity contribution in [2.24, 2.45) is 5.41 Å². The molecule has 0 fully saturated rings. The Hall–Kier alpha value is -1.84. The minimum atomic E-state index is -2.69. The number of hydrogen-bond donors (Lipinski definition) is 4. The molecule has 11 heteroatoms. The summed E-state index contributed by atoms with van der Waals surface area (Å²) in [6.07, 6.45) is -1.38. The molecule has 160 valence electrons. The Bertz CT molecular complexity index is 740. The van der Waals surface area contributed by atoms with Crippen LogP contribution in [0.4, 0.5) is 0 Å². The topological polar surface area (TPSA) is 156 Å². The van der Waals surface area contributed by atoms with E-state index in [0.29, 0.717) is 11.3 Å². The third kappa shape index (κ3) is 8.59. The molecule has 0 aliphatic rings. The summed E-state index contributed by atoms with van der Waals surface area (Å²) in [5.74, 6) is -0.652. The normalized spacial score (nSPS) is 12.8. The molecule has 1 aromatic rings. The van der Waals surface area contributed by atoms with E-state index in [1.165, 1.54) is 24.3 Å². The Kier molecular flexibility index (Phi) is 10.4. The quantitative estimate of drug-likeness (QED) is 0.258. The standard InChI is InChI=1S/C18H25N2O7PS/c1-18(2,11-21)15(23)16(24)20-8-7-14(22)19-9-10-29-17(25)12-3-5-13(6-4-12)28(26)27/h3-6,15,21,23H,7-11H2,1-2H3,(H,19,22)(H,20,24)/t15-/m0/s1. The van der Waals surface area contributed by atoms with Crippen LogP contribution in [0.15, 0.2) is 24.3 Å². The first kappa shape index (κ1) is 25.2. The van der Waals surface area contributed by atoms with Crippen molar-refractivity contribution in [1.82, 2.24) is 10.6 Å². The van der Waals surface area contributed by atoms with Gasteiger partial charge >= 0.3 is 8.03 Å². The minimum absolute atomic E-state index is 0.00542. The van der Waals surface area contributed by atoms with E-state index in [1.807, 2.05) is 0 Å². The number of carbonyl (C=O) groups excluding carboxylic acids is 3. The van der Waals surface area contributed by atoms with E-state index in [9.17, 15) is 28.9 Å². The van der Waals surface area contributed by atoms with Gasteiger partial charge in [-0.05, 0) is 24.3 Å². The van der Waals surface area contributed by atoms with Gasteiger partial charge in [0.05, 0.1) is 6.61 Å². The molecule has 1 rings (SSSR count). The summed E-state index contributed by atoms with van der Waals surface area (Å²) >= 11 is 0.993. The van der Waals surface area contributed by atoms with Gasteiger partial charge in [0, 0.05) is 36.2 Å². The molecule has 0 aromatic heterocycles. The number of aliphatic hydroxyl groups is 2. The predicted octanol–water partition coefficient (Wildman–Crippen LogP) is -0.710. The first-order valence-electron chi connectivity index (χ1n) is 8.83. The average molecular weight is 444 g/mol. The van der Waals surface area contributed by atoms with Crippen LogP contribution in [0.5, 0.6) is 0 Å². The SMILES string of the molecule is CC(C)(CO)[C@@H](O)C(=O)NCCC(=O)NCCSC(=O)c1ccc([P+](=O)[O-])cc1. The zero-order valence-corrected chi connectivity index (χ0v) is 17.9. The van der Waals surface area contributed by atoms with Gasteiger partial charge in [0.1, 0.15) is 6.10 Å². The molecule has 0 radical (unpaired) electrons. The highest BCUT2D eigenvalue weighted by atomic mass is 32.2. The van der Waals surface area contributed by atoms with Crippen LogP contribution in [0.1, 0.15) is 30.6 Å². The molecule has 1 unspecified atom stereocenters. The maximum absolute atomic E-state index is 12.0. The van der Waals surface area contributed by atoms with E-state index in [4.69, 9.17) is 5.11 Å². The largest absolute Gasteiger partial charge is 0.591 e. The molecule has 0 saturated heterocycles. The van der Waals surface area contributed by atoms with Crippen LogP contribution in [0.3, 0.4) is 0 Å². The molecule has 9 nitrogen and oxygen atoms in total. The summed E-state index contributed by atoms with van der Waals surface area (Å²) in [5, 5.41) is 23.9. The lowest BCUT2D eigenvalue weighted by atomic mass is 9.87. The number of benzene rings is 1. The Morgan fingerprint density at radius 2 is 1.79 bits per heavy atom. The fraction of sp³-hybridized carbons (Fsp3) is 0.500. The minimum Gasteiger partial charge on any atom is -0.591 e. The zero-order chi connectivity index (χ0) is 22.0. The molecule has 0 aliphatic carbocycles. The van der Waals surface area contributed by atoms with E-state index in [2.05, 4.69) is 10.6 Å². The summed E-state index contributed by atoms with van der Waals surface area (Å²) in [5.41, 5.74) is -0.614.